The number of nitrogens with one attached hydrogen (secondary N) is 1. The second-order valence-corrected chi connectivity index (χ2v) is 9.18. The first-order chi connectivity index (χ1) is 15.8. The summed E-state index contributed by atoms with van der Waals surface area (Å²) in [5, 5.41) is 5.04. The fourth-order valence-corrected chi connectivity index (χ4v) is 4.64. The lowest BCUT2D eigenvalue weighted by Crippen LogP contribution is -2.33. The molecule has 1 atom stereocenters. The van der Waals surface area contributed by atoms with Crippen LogP contribution in [-0.4, -0.2) is 22.0 Å². The van der Waals surface area contributed by atoms with Gasteiger partial charge in [0, 0.05) is 17.2 Å². The maximum atomic E-state index is 14.8. The molecule has 0 spiro atoms. The smallest absolute Gasteiger partial charge is 0.150 e. The number of aromatic nitrogens is 2. The Morgan fingerprint density at radius 3 is 2.73 bits per heavy atom. The number of aryl methyl sites for hydroxylation is 1. The number of halogens is 4. The van der Waals surface area contributed by atoms with E-state index in [9.17, 15) is 8.78 Å². The molecule has 1 unspecified atom stereocenters. The van der Waals surface area contributed by atoms with E-state index in [1.54, 1.807) is 31.2 Å². The second-order valence-electron chi connectivity index (χ2n) is 8.41. The van der Waals surface area contributed by atoms with E-state index in [-0.39, 0.29) is 28.9 Å². The molecule has 172 valence electrons. The number of hydrogen-bond acceptors (Lipinski definition) is 4. The Hall–Kier alpha value is -2.61. The predicted molar refractivity (Wildman–Crippen MR) is 123 cm³/mol. The molecule has 33 heavy (non-hydrogen) atoms. The zero-order valence-corrected chi connectivity index (χ0v) is 19.3. The van der Waals surface area contributed by atoms with Crippen molar-refractivity contribution in [3.05, 3.63) is 81.1 Å². The number of benzene rings is 2. The van der Waals surface area contributed by atoms with E-state index < -0.39 is 11.4 Å². The van der Waals surface area contributed by atoms with Gasteiger partial charge < -0.3 is 4.74 Å². The summed E-state index contributed by atoms with van der Waals surface area (Å²) >= 11 is 12.8. The average molecular weight is 492 g/mol. The zero-order chi connectivity index (χ0) is 23.2. The van der Waals surface area contributed by atoms with Crippen LogP contribution in [0.4, 0.5) is 8.78 Å². The quantitative estimate of drug-likeness (QED) is 0.471. The first-order valence-corrected chi connectivity index (χ1v) is 11.4. The van der Waals surface area contributed by atoms with Crippen molar-refractivity contribution in [3.63, 3.8) is 0 Å². The van der Waals surface area contributed by atoms with Gasteiger partial charge in [0.1, 0.15) is 34.6 Å². The third-order valence-corrected chi connectivity index (χ3v) is 6.53. The van der Waals surface area contributed by atoms with Crippen molar-refractivity contribution in [3.8, 4) is 11.4 Å². The molecule has 5 rings (SSSR count). The molecule has 9 heteroatoms. The summed E-state index contributed by atoms with van der Waals surface area (Å²) < 4.78 is 36.2. The van der Waals surface area contributed by atoms with E-state index in [1.165, 1.54) is 22.9 Å². The Bertz CT molecular complexity index is 1260. The van der Waals surface area contributed by atoms with Crippen molar-refractivity contribution in [2.45, 2.75) is 38.2 Å². The molecule has 2 heterocycles. The molecule has 5 nitrogen and oxygen atoms in total. The highest BCUT2D eigenvalue weighted by atomic mass is 35.5. The van der Waals surface area contributed by atoms with Crippen molar-refractivity contribution in [1.29, 1.82) is 0 Å². The zero-order valence-electron chi connectivity index (χ0n) is 17.8. The van der Waals surface area contributed by atoms with Gasteiger partial charge >= 0.3 is 0 Å². The third kappa shape index (κ3) is 4.21. The van der Waals surface area contributed by atoms with Gasteiger partial charge in [-0.2, -0.15) is 5.10 Å². The Kier molecular flexibility index (Phi) is 5.80. The molecule has 2 aliphatic rings. The first kappa shape index (κ1) is 22.2. The van der Waals surface area contributed by atoms with Gasteiger partial charge in [-0.25, -0.2) is 13.5 Å². The summed E-state index contributed by atoms with van der Waals surface area (Å²) in [6.45, 7) is 1.83. The maximum absolute atomic E-state index is 14.8. The monoisotopic (exact) mass is 491 g/mol. The van der Waals surface area contributed by atoms with Gasteiger partial charge in [-0.1, -0.05) is 35.3 Å². The molecule has 1 N–H and O–H groups in total. The molecule has 3 aromatic rings. The highest BCUT2D eigenvalue weighted by molar-refractivity contribution is 6.32. The molecule has 0 saturated heterocycles. The van der Waals surface area contributed by atoms with Crippen LogP contribution in [0.3, 0.4) is 0 Å². The van der Waals surface area contributed by atoms with Gasteiger partial charge in [0.15, 0.2) is 5.82 Å². The lowest BCUT2D eigenvalue weighted by atomic mass is 9.99. The molecular formula is C24H21Cl2F2N3O2. The van der Waals surface area contributed by atoms with Crippen molar-refractivity contribution < 1.29 is 18.4 Å². The largest absolute Gasteiger partial charge is 0.488 e. The van der Waals surface area contributed by atoms with Crippen LogP contribution < -0.4 is 10.2 Å². The average Bonchev–Trinajstić information content (AvgIpc) is 3.34. The van der Waals surface area contributed by atoms with Gasteiger partial charge in [-0.3, -0.25) is 10.3 Å². The number of ether oxygens (including phenoxy) is 1. The maximum Gasteiger partial charge on any atom is 0.150 e. The molecule has 0 amide bonds. The van der Waals surface area contributed by atoms with E-state index in [0.717, 1.165) is 36.9 Å². The van der Waals surface area contributed by atoms with Crippen molar-refractivity contribution in [1.82, 2.24) is 15.3 Å². The van der Waals surface area contributed by atoms with Crippen LogP contribution in [-0.2, 0) is 17.7 Å². The van der Waals surface area contributed by atoms with Crippen LogP contribution in [0.5, 0.6) is 5.75 Å². The van der Waals surface area contributed by atoms with Crippen molar-refractivity contribution >= 4 is 28.9 Å². The molecule has 0 fully saturated rings. The summed E-state index contributed by atoms with van der Waals surface area (Å²) in [6.07, 6.45) is 5.45. The van der Waals surface area contributed by atoms with Crippen LogP contribution >= 0.6 is 23.2 Å². The lowest BCUT2D eigenvalue weighted by Gasteiger charge is -2.21. The third-order valence-electron chi connectivity index (χ3n) is 5.85. The van der Waals surface area contributed by atoms with E-state index in [0.29, 0.717) is 16.4 Å². The number of rotatable bonds is 5. The van der Waals surface area contributed by atoms with Gasteiger partial charge in [0.2, 0.25) is 0 Å². The second kappa shape index (κ2) is 8.63. The van der Waals surface area contributed by atoms with Crippen LogP contribution in [0.1, 0.15) is 36.6 Å². The summed E-state index contributed by atoms with van der Waals surface area (Å²) in [7, 11) is 0. The Labute approximate surface area is 199 Å². The summed E-state index contributed by atoms with van der Waals surface area (Å²) in [6, 6.07) is 9.05. The van der Waals surface area contributed by atoms with Gasteiger partial charge in [0.25, 0.3) is 0 Å². The topological polar surface area (TPSA) is 48.3 Å². The van der Waals surface area contributed by atoms with Gasteiger partial charge in [-0.15, -0.1) is 0 Å². The normalized spacial score (nSPS) is 19.7. The summed E-state index contributed by atoms with van der Waals surface area (Å²) in [5.41, 5.74) is 4.75. The molecule has 0 bridgehead atoms. The number of hydrogen-bond donors (Lipinski definition) is 1. The van der Waals surface area contributed by atoms with Gasteiger partial charge in [0.05, 0.1) is 16.4 Å². The molecule has 0 saturated carbocycles. The van der Waals surface area contributed by atoms with E-state index in [1.807, 2.05) is 0 Å². The minimum absolute atomic E-state index is 0.0477. The van der Waals surface area contributed by atoms with Crippen LogP contribution in [0.2, 0.25) is 10.2 Å². The lowest BCUT2D eigenvalue weighted by molar-refractivity contribution is -0.0473. The van der Waals surface area contributed by atoms with E-state index in [2.05, 4.69) is 10.6 Å². The number of hydroxylamine groups is 1. The molecule has 1 aromatic heterocycles. The van der Waals surface area contributed by atoms with Gasteiger partial charge in [-0.05, 0) is 56.9 Å². The Morgan fingerprint density at radius 2 is 1.94 bits per heavy atom. The summed E-state index contributed by atoms with van der Waals surface area (Å²) in [4.78, 5) is 5.65. The molecular weight excluding hydrogens is 471 g/mol. The first-order valence-electron chi connectivity index (χ1n) is 10.6. The molecule has 1 aliphatic carbocycles. The van der Waals surface area contributed by atoms with E-state index >= 15 is 0 Å². The van der Waals surface area contributed by atoms with Crippen LogP contribution in [0.25, 0.3) is 11.4 Å². The van der Waals surface area contributed by atoms with Crippen molar-refractivity contribution in [2.75, 3.05) is 6.61 Å². The highest BCUT2D eigenvalue weighted by Crippen LogP contribution is 2.35. The number of nitrogens with zero attached hydrogens (tertiary/aromatic N) is 2. The minimum Gasteiger partial charge on any atom is -0.488 e. The SMILES string of the molecule is CC1(COc2cc(-n3nc4c(c3Cl)CCCC4)c(F)cc2Cl)C=C(c2ccccc2F)NO1. The van der Waals surface area contributed by atoms with Crippen LogP contribution in [0, 0.1) is 11.6 Å². The van der Waals surface area contributed by atoms with E-state index in [4.69, 9.17) is 32.8 Å². The Morgan fingerprint density at radius 1 is 1.15 bits per heavy atom. The fourth-order valence-electron chi connectivity index (χ4n) is 4.11. The fraction of sp³-hybridized carbons (Fsp3) is 0.292. The standard InChI is InChI=1S/C24H21Cl2F2N3O2/c1-24(12-20(30-33-24)14-6-2-4-8-17(14)27)13-32-22-11-21(18(28)10-16(22)25)31-23(26)15-7-3-5-9-19(15)29-31/h2,4,6,8,10-12,30H,3,5,7,9,13H2,1H3. The van der Waals surface area contributed by atoms with Crippen molar-refractivity contribution in [2.24, 2.45) is 0 Å². The van der Waals surface area contributed by atoms with Crippen LogP contribution in [0.15, 0.2) is 42.5 Å². The Balaban J connectivity index is 1.40. The minimum atomic E-state index is -0.905. The number of fused-ring (bicyclic) bond motifs is 1. The predicted octanol–water partition coefficient (Wildman–Crippen LogP) is 6.05. The summed E-state index contributed by atoms with van der Waals surface area (Å²) in [5.74, 6) is -0.661. The molecule has 2 aromatic carbocycles. The molecule has 1 aliphatic heterocycles. The highest BCUT2D eigenvalue weighted by Gasteiger charge is 2.33. The molecule has 0 radical (unpaired) electrons.